The molecule has 7 nitrogen and oxygen atoms in total. The standard InChI is InChI=1S/C20H14F3N3O4/c1-10-7-11(3-5-14(10)29-2)18-13-8-12(4-6-15(13)30-25-18)26-17(27)9-16(20(21,22)23)24-19(26)28/h3-9H,1-2H3,(H,24,28). The summed E-state index contributed by atoms with van der Waals surface area (Å²) in [5.74, 6) is 0.690. The zero-order chi connectivity index (χ0) is 21.6. The Morgan fingerprint density at radius 2 is 1.87 bits per heavy atom. The highest BCUT2D eigenvalue weighted by molar-refractivity contribution is 5.93. The summed E-state index contributed by atoms with van der Waals surface area (Å²) in [4.78, 5) is 26.1. The van der Waals surface area contributed by atoms with Crippen molar-refractivity contribution in [2.75, 3.05) is 7.11 Å². The molecule has 0 aliphatic carbocycles. The third kappa shape index (κ3) is 3.25. The number of ether oxygens (including phenoxy) is 1. The van der Waals surface area contributed by atoms with Crippen LogP contribution in [0.4, 0.5) is 13.2 Å². The number of aryl methyl sites for hydroxylation is 1. The molecule has 0 unspecified atom stereocenters. The Balaban J connectivity index is 1.88. The molecule has 0 bridgehead atoms. The summed E-state index contributed by atoms with van der Waals surface area (Å²) in [6, 6.07) is 10.0. The average molecular weight is 417 g/mol. The normalized spacial score (nSPS) is 11.8. The van der Waals surface area contributed by atoms with E-state index in [4.69, 9.17) is 9.26 Å². The van der Waals surface area contributed by atoms with E-state index in [0.29, 0.717) is 38.6 Å². The number of nitrogens with zero attached hydrogens (tertiary/aromatic N) is 2. The van der Waals surface area contributed by atoms with Gasteiger partial charge in [-0.2, -0.15) is 13.2 Å². The van der Waals surface area contributed by atoms with E-state index >= 15 is 0 Å². The minimum Gasteiger partial charge on any atom is -0.496 e. The van der Waals surface area contributed by atoms with E-state index in [0.717, 1.165) is 5.56 Å². The highest BCUT2D eigenvalue weighted by Crippen LogP contribution is 2.32. The molecular weight excluding hydrogens is 403 g/mol. The summed E-state index contributed by atoms with van der Waals surface area (Å²) in [5.41, 5.74) is -1.23. The quantitative estimate of drug-likeness (QED) is 0.549. The summed E-state index contributed by atoms with van der Waals surface area (Å²) in [5, 5.41) is 4.54. The van der Waals surface area contributed by atoms with Gasteiger partial charge < -0.3 is 14.2 Å². The van der Waals surface area contributed by atoms with E-state index in [1.807, 2.05) is 13.0 Å². The molecule has 4 rings (SSSR count). The smallest absolute Gasteiger partial charge is 0.431 e. The van der Waals surface area contributed by atoms with Gasteiger partial charge in [-0.05, 0) is 48.9 Å². The topological polar surface area (TPSA) is 90.1 Å². The molecule has 2 heterocycles. The molecule has 30 heavy (non-hydrogen) atoms. The molecule has 0 fully saturated rings. The number of methoxy groups -OCH3 is 1. The maximum atomic E-state index is 12.8. The first-order chi connectivity index (χ1) is 14.2. The van der Waals surface area contributed by atoms with Gasteiger partial charge in [0.1, 0.15) is 17.1 Å². The molecule has 0 amide bonds. The molecular formula is C20H14F3N3O4. The van der Waals surface area contributed by atoms with Gasteiger partial charge in [0.05, 0.1) is 18.2 Å². The number of hydrogen-bond donors (Lipinski definition) is 1. The Bertz CT molecular complexity index is 1350. The Hall–Kier alpha value is -3.82. The highest BCUT2D eigenvalue weighted by atomic mass is 19.4. The lowest BCUT2D eigenvalue weighted by atomic mass is 10.0. The fourth-order valence-corrected chi connectivity index (χ4v) is 3.19. The maximum Gasteiger partial charge on any atom is 0.431 e. The van der Waals surface area contributed by atoms with E-state index < -0.39 is 23.1 Å². The summed E-state index contributed by atoms with van der Waals surface area (Å²) in [6.07, 6.45) is -4.84. The van der Waals surface area contributed by atoms with Crippen molar-refractivity contribution in [1.82, 2.24) is 14.7 Å². The van der Waals surface area contributed by atoms with Crippen molar-refractivity contribution in [2.45, 2.75) is 13.1 Å². The predicted octanol–water partition coefficient (Wildman–Crippen LogP) is 3.67. The Morgan fingerprint density at radius 1 is 1.10 bits per heavy atom. The van der Waals surface area contributed by atoms with Crippen LogP contribution in [0, 0.1) is 6.92 Å². The van der Waals surface area contributed by atoms with Crippen molar-refractivity contribution in [1.29, 1.82) is 0 Å². The fourth-order valence-electron chi connectivity index (χ4n) is 3.19. The van der Waals surface area contributed by atoms with Crippen LogP contribution in [0.25, 0.3) is 27.9 Å². The van der Waals surface area contributed by atoms with Crippen LogP contribution >= 0.6 is 0 Å². The van der Waals surface area contributed by atoms with Gasteiger partial charge in [0, 0.05) is 11.6 Å². The molecule has 0 saturated heterocycles. The fraction of sp³-hybridized carbons (Fsp3) is 0.150. The largest absolute Gasteiger partial charge is 0.496 e. The van der Waals surface area contributed by atoms with Gasteiger partial charge in [0.25, 0.3) is 5.56 Å². The van der Waals surface area contributed by atoms with Crippen molar-refractivity contribution in [2.24, 2.45) is 0 Å². The summed E-state index contributed by atoms with van der Waals surface area (Å²) in [7, 11) is 1.55. The number of aromatic amines is 1. The zero-order valence-corrected chi connectivity index (χ0v) is 15.7. The first-order valence-corrected chi connectivity index (χ1v) is 8.67. The molecule has 154 valence electrons. The minimum atomic E-state index is -4.84. The van der Waals surface area contributed by atoms with Crippen LogP contribution in [0.2, 0.25) is 0 Å². The monoisotopic (exact) mass is 417 g/mol. The lowest BCUT2D eigenvalue weighted by Crippen LogP contribution is -2.35. The van der Waals surface area contributed by atoms with Crippen molar-refractivity contribution in [3.05, 3.63) is 74.6 Å². The second kappa shape index (κ2) is 6.90. The summed E-state index contributed by atoms with van der Waals surface area (Å²) in [6.45, 7) is 1.86. The minimum absolute atomic E-state index is 0.0807. The second-order valence-electron chi connectivity index (χ2n) is 6.56. The van der Waals surface area contributed by atoms with Crippen molar-refractivity contribution >= 4 is 11.0 Å². The van der Waals surface area contributed by atoms with Crippen LogP contribution in [-0.2, 0) is 6.18 Å². The van der Waals surface area contributed by atoms with Gasteiger partial charge >= 0.3 is 11.9 Å². The first-order valence-electron chi connectivity index (χ1n) is 8.67. The van der Waals surface area contributed by atoms with E-state index in [2.05, 4.69) is 5.16 Å². The SMILES string of the molecule is COc1ccc(-c2noc3ccc(-n4c(=O)cc(C(F)(F)F)[nH]c4=O)cc23)cc1C. The molecule has 0 aliphatic heterocycles. The van der Waals surface area contributed by atoms with Gasteiger partial charge in [-0.25, -0.2) is 9.36 Å². The van der Waals surface area contributed by atoms with Crippen molar-refractivity contribution in [3.63, 3.8) is 0 Å². The number of alkyl halides is 3. The molecule has 0 radical (unpaired) electrons. The third-order valence-electron chi connectivity index (χ3n) is 4.62. The zero-order valence-electron chi connectivity index (χ0n) is 15.7. The lowest BCUT2D eigenvalue weighted by Gasteiger charge is -2.09. The summed E-state index contributed by atoms with van der Waals surface area (Å²) < 4.78 is 49.7. The number of fused-ring (bicyclic) bond motifs is 1. The van der Waals surface area contributed by atoms with E-state index in [9.17, 15) is 22.8 Å². The van der Waals surface area contributed by atoms with E-state index in [1.54, 1.807) is 24.2 Å². The van der Waals surface area contributed by atoms with Crippen molar-refractivity contribution in [3.8, 4) is 22.7 Å². The van der Waals surface area contributed by atoms with Crippen LogP contribution in [-0.4, -0.2) is 21.8 Å². The first kappa shape index (κ1) is 19.5. The van der Waals surface area contributed by atoms with Gasteiger partial charge in [-0.15, -0.1) is 0 Å². The Morgan fingerprint density at radius 3 is 2.50 bits per heavy atom. The van der Waals surface area contributed by atoms with Crippen LogP contribution in [0.15, 0.2) is 56.6 Å². The molecule has 0 atom stereocenters. The van der Waals surface area contributed by atoms with Crippen LogP contribution in [0.3, 0.4) is 0 Å². The molecule has 2 aromatic carbocycles. The molecule has 0 aliphatic rings. The van der Waals surface area contributed by atoms with Gasteiger partial charge in [0.15, 0.2) is 5.58 Å². The van der Waals surface area contributed by atoms with Gasteiger partial charge in [-0.1, -0.05) is 5.16 Å². The lowest BCUT2D eigenvalue weighted by molar-refractivity contribution is -0.141. The third-order valence-corrected chi connectivity index (χ3v) is 4.62. The molecule has 4 aromatic rings. The number of H-pyrrole nitrogens is 1. The number of hydrogen-bond acceptors (Lipinski definition) is 5. The molecule has 1 N–H and O–H groups in total. The Kier molecular flexibility index (Phi) is 4.49. The number of benzene rings is 2. The number of rotatable bonds is 3. The molecule has 10 heteroatoms. The second-order valence-corrected chi connectivity index (χ2v) is 6.56. The number of nitrogens with one attached hydrogen (secondary N) is 1. The average Bonchev–Trinajstić information content (AvgIpc) is 3.10. The Labute approximate surface area is 166 Å². The maximum absolute atomic E-state index is 12.8. The highest BCUT2D eigenvalue weighted by Gasteiger charge is 2.33. The van der Waals surface area contributed by atoms with Crippen molar-refractivity contribution < 1.29 is 22.4 Å². The van der Waals surface area contributed by atoms with Gasteiger partial charge in [0.2, 0.25) is 0 Å². The number of aromatic nitrogens is 3. The van der Waals surface area contributed by atoms with Crippen LogP contribution in [0.5, 0.6) is 5.75 Å². The van der Waals surface area contributed by atoms with Crippen LogP contribution < -0.4 is 16.0 Å². The molecule has 2 aromatic heterocycles. The van der Waals surface area contributed by atoms with E-state index in [-0.39, 0.29) is 5.69 Å². The number of halogens is 3. The van der Waals surface area contributed by atoms with E-state index in [1.165, 1.54) is 18.2 Å². The molecule has 0 saturated carbocycles. The van der Waals surface area contributed by atoms with Crippen LogP contribution in [0.1, 0.15) is 11.3 Å². The molecule has 0 spiro atoms. The predicted molar refractivity (Wildman–Crippen MR) is 102 cm³/mol. The summed E-state index contributed by atoms with van der Waals surface area (Å²) >= 11 is 0. The van der Waals surface area contributed by atoms with Gasteiger partial charge in [-0.3, -0.25) is 4.79 Å².